The third-order valence-electron chi connectivity index (χ3n) is 4.94. The van der Waals surface area contributed by atoms with Gasteiger partial charge in [0.1, 0.15) is 5.82 Å². The number of piperidine rings is 1. The molecule has 0 saturated carbocycles. The number of hydrogen-bond acceptors (Lipinski definition) is 5. The van der Waals surface area contributed by atoms with E-state index in [0.29, 0.717) is 30.4 Å². The molecule has 0 unspecified atom stereocenters. The molecule has 1 amide bonds. The normalized spacial score (nSPS) is 16.4. The number of carbonyl (C=O) groups is 1. The fraction of sp³-hybridized carbons (Fsp3) is 0.450. The lowest BCUT2D eigenvalue weighted by Crippen LogP contribution is -2.41. The van der Waals surface area contributed by atoms with Gasteiger partial charge in [-0.2, -0.15) is 4.31 Å². The number of rotatable bonds is 4. The summed E-state index contributed by atoms with van der Waals surface area (Å²) < 4.78 is 53.0. The third-order valence-corrected chi connectivity index (χ3v) is 6.84. The van der Waals surface area contributed by atoms with Gasteiger partial charge in [0.15, 0.2) is 11.6 Å². The van der Waals surface area contributed by atoms with Crippen LogP contribution < -0.4 is 5.32 Å². The van der Waals surface area contributed by atoms with Crippen LogP contribution in [0.15, 0.2) is 35.5 Å². The van der Waals surface area contributed by atoms with Gasteiger partial charge >= 0.3 is 0 Å². The van der Waals surface area contributed by atoms with Gasteiger partial charge in [0.05, 0.1) is 23.0 Å². The average molecular weight is 439 g/mol. The molecular weight excluding hydrogens is 414 g/mol. The van der Waals surface area contributed by atoms with Crippen molar-refractivity contribution in [1.29, 1.82) is 0 Å². The number of amides is 1. The molecule has 1 aromatic heterocycles. The summed E-state index contributed by atoms with van der Waals surface area (Å²) in [6.45, 7) is 6.19. The Morgan fingerprint density at radius 3 is 2.23 bits per heavy atom. The molecule has 1 aliphatic heterocycles. The second-order valence-corrected chi connectivity index (χ2v) is 10.2. The number of aromatic nitrogens is 2. The smallest absolute Gasteiger partial charge is 0.243 e. The molecule has 30 heavy (non-hydrogen) atoms. The van der Waals surface area contributed by atoms with Crippen LogP contribution in [-0.4, -0.2) is 41.7 Å². The van der Waals surface area contributed by atoms with Gasteiger partial charge in [-0.25, -0.2) is 27.2 Å². The van der Waals surface area contributed by atoms with Crippen molar-refractivity contribution in [3.63, 3.8) is 0 Å². The first kappa shape index (κ1) is 22.2. The summed E-state index contributed by atoms with van der Waals surface area (Å²) >= 11 is 0. The Kier molecular flexibility index (Phi) is 6.19. The SMILES string of the molecule is CC(C)(C)c1ncc(NC(=O)C2CCN(S(=O)(=O)c3ccc(F)c(F)c3)CC2)cn1. The number of anilines is 1. The molecular formula is C20H24F2N4O3S. The summed E-state index contributed by atoms with van der Waals surface area (Å²) in [6.07, 6.45) is 3.73. The van der Waals surface area contributed by atoms with Crippen LogP contribution in [0.2, 0.25) is 0 Å². The van der Waals surface area contributed by atoms with E-state index in [1.807, 2.05) is 20.8 Å². The number of sulfonamides is 1. The lowest BCUT2D eigenvalue weighted by atomic mass is 9.96. The summed E-state index contributed by atoms with van der Waals surface area (Å²) in [7, 11) is -3.95. The van der Waals surface area contributed by atoms with Crippen molar-refractivity contribution in [3.05, 3.63) is 48.1 Å². The Labute approximate surface area is 174 Å². The molecule has 2 heterocycles. The van der Waals surface area contributed by atoms with Crippen LogP contribution in [0.4, 0.5) is 14.5 Å². The summed E-state index contributed by atoms with van der Waals surface area (Å²) in [6, 6.07) is 2.49. The van der Waals surface area contributed by atoms with Gasteiger partial charge in [0.25, 0.3) is 0 Å². The molecule has 1 N–H and O–H groups in total. The third kappa shape index (κ3) is 4.81. The fourth-order valence-electron chi connectivity index (χ4n) is 3.17. The molecule has 1 aromatic carbocycles. The Morgan fingerprint density at radius 2 is 1.70 bits per heavy atom. The Morgan fingerprint density at radius 1 is 1.10 bits per heavy atom. The fourth-order valence-corrected chi connectivity index (χ4v) is 4.65. The van der Waals surface area contributed by atoms with Crippen LogP contribution in [0.1, 0.15) is 39.4 Å². The van der Waals surface area contributed by atoms with Gasteiger partial charge in [-0.3, -0.25) is 4.79 Å². The van der Waals surface area contributed by atoms with Crippen molar-refractivity contribution in [1.82, 2.24) is 14.3 Å². The van der Waals surface area contributed by atoms with Gasteiger partial charge in [-0.05, 0) is 31.0 Å². The van der Waals surface area contributed by atoms with Crippen molar-refractivity contribution >= 4 is 21.6 Å². The van der Waals surface area contributed by atoms with Crippen LogP contribution in [0, 0.1) is 17.6 Å². The number of benzene rings is 1. The standard InChI is InChI=1S/C20H24F2N4O3S/c1-20(2,3)19-23-11-14(12-24-19)25-18(27)13-6-8-26(9-7-13)30(28,29)15-4-5-16(21)17(22)10-15/h4-5,10-13H,6-9H2,1-3H3,(H,25,27). The monoisotopic (exact) mass is 438 g/mol. The number of nitrogens with one attached hydrogen (secondary N) is 1. The van der Waals surface area contributed by atoms with Gasteiger partial charge in [-0.1, -0.05) is 20.8 Å². The molecule has 7 nitrogen and oxygen atoms in total. The number of carbonyl (C=O) groups excluding carboxylic acids is 1. The predicted octanol–water partition coefficient (Wildman–Crippen LogP) is 3.09. The highest BCUT2D eigenvalue weighted by Gasteiger charge is 2.32. The molecule has 162 valence electrons. The molecule has 10 heteroatoms. The van der Waals surface area contributed by atoms with Gasteiger partial charge in [-0.15, -0.1) is 0 Å². The molecule has 3 rings (SSSR count). The number of nitrogens with zero attached hydrogens (tertiary/aromatic N) is 3. The van der Waals surface area contributed by atoms with Gasteiger partial charge in [0.2, 0.25) is 15.9 Å². The largest absolute Gasteiger partial charge is 0.323 e. The average Bonchev–Trinajstić information content (AvgIpc) is 2.69. The van der Waals surface area contributed by atoms with E-state index < -0.39 is 21.7 Å². The second-order valence-electron chi connectivity index (χ2n) is 8.29. The van der Waals surface area contributed by atoms with Gasteiger partial charge < -0.3 is 5.32 Å². The maximum atomic E-state index is 13.4. The van der Waals surface area contributed by atoms with Crippen molar-refractivity contribution in [3.8, 4) is 0 Å². The van der Waals surface area contributed by atoms with Crippen molar-refractivity contribution in [2.45, 2.75) is 43.9 Å². The lowest BCUT2D eigenvalue weighted by Gasteiger charge is -2.30. The second kappa shape index (κ2) is 8.35. The minimum absolute atomic E-state index is 0.110. The van der Waals surface area contributed by atoms with E-state index in [1.165, 1.54) is 4.31 Å². The summed E-state index contributed by atoms with van der Waals surface area (Å²) in [4.78, 5) is 20.8. The Hall–Kier alpha value is -2.46. The zero-order chi connectivity index (χ0) is 22.1. The zero-order valence-corrected chi connectivity index (χ0v) is 17.8. The first-order valence-corrected chi connectivity index (χ1v) is 11.0. The molecule has 0 bridgehead atoms. The first-order chi connectivity index (χ1) is 14.0. The van der Waals surface area contributed by atoms with Crippen LogP contribution in [0.5, 0.6) is 0 Å². The van der Waals surface area contributed by atoms with E-state index in [1.54, 1.807) is 12.4 Å². The van der Waals surface area contributed by atoms with Crippen molar-refractivity contribution in [2.75, 3.05) is 18.4 Å². The maximum Gasteiger partial charge on any atom is 0.243 e. The molecule has 0 spiro atoms. The molecule has 0 atom stereocenters. The minimum Gasteiger partial charge on any atom is -0.323 e. The first-order valence-electron chi connectivity index (χ1n) is 9.57. The van der Waals surface area contributed by atoms with E-state index in [-0.39, 0.29) is 35.2 Å². The van der Waals surface area contributed by atoms with Crippen LogP contribution in [-0.2, 0) is 20.2 Å². The topological polar surface area (TPSA) is 92.3 Å². The number of hydrogen-bond donors (Lipinski definition) is 1. The molecule has 2 aromatic rings. The van der Waals surface area contributed by atoms with E-state index >= 15 is 0 Å². The summed E-state index contributed by atoms with van der Waals surface area (Å²) in [5, 5.41) is 2.77. The van der Waals surface area contributed by atoms with E-state index in [4.69, 9.17) is 0 Å². The number of halogens is 2. The minimum atomic E-state index is -3.95. The zero-order valence-electron chi connectivity index (χ0n) is 17.0. The van der Waals surface area contributed by atoms with Crippen molar-refractivity contribution < 1.29 is 22.0 Å². The molecule has 1 saturated heterocycles. The Bertz CT molecular complexity index is 1030. The molecule has 1 aliphatic rings. The van der Waals surface area contributed by atoms with E-state index in [0.717, 1.165) is 12.1 Å². The van der Waals surface area contributed by atoms with Gasteiger partial charge in [0, 0.05) is 24.4 Å². The lowest BCUT2D eigenvalue weighted by molar-refractivity contribution is -0.120. The van der Waals surface area contributed by atoms with E-state index in [9.17, 15) is 22.0 Å². The van der Waals surface area contributed by atoms with E-state index in [2.05, 4.69) is 15.3 Å². The highest BCUT2D eigenvalue weighted by molar-refractivity contribution is 7.89. The molecule has 0 radical (unpaired) electrons. The summed E-state index contributed by atoms with van der Waals surface area (Å²) in [5.41, 5.74) is 0.277. The van der Waals surface area contributed by atoms with Crippen LogP contribution in [0.25, 0.3) is 0 Å². The van der Waals surface area contributed by atoms with Crippen LogP contribution >= 0.6 is 0 Å². The summed E-state index contributed by atoms with van der Waals surface area (Å²) in [5.74, 6) is -2.26. The maximum absolute atomic E-state index is 13.4. The quantitative estimate of drug-likeness (QED) is 0.792. The predicted molar refractivity (Wildman–Crippen MR) is 107 cm³/mol. The Balaban J connectivity index is 1.60. The highest BCUT2D eigenvalue weighted by Crippen LogP contribution is 2.26. The van der Waals surface area contributed by atoms with Crippen LogP contribution in [0.3, 0.4) is 0 Å². The molecule has 0 aliphatic carbocycles. The molecule has 1 fully saturated rings. The highest BCUT2D eigenvalue weighted by atomic mass is 32.2. The van der Waals surface area contributed by atoms with Crippen molar-refractivity contribution in [2.24, 2.45) is 5.92 Å².